The van der Waals surface area contributed by atoms with Gasteiger partial charge in [-0.25, -0.2) is 4.79 Å². The van der Waals surface area contributed by atoms with Gasteiger partial charge in [0.25, 0.3) is 0 Å². The van der Waals surface area contributed by atoms with E-state index in [0.29, 0.717) is 11.3 Å². The molecule has 3 aromatic rings. The van der Waals surface area contributed by atoms with Crippen molar-refractivity contribution in [2.45, 2.75) is 12.3 Å². The Hall–Kier alpha value is -2.92. The monoisotopic (exact) mass is 433 g/mol. The maximum Gasteiger partial charge on any atom is 0.336 e. The third-order valence-electron chi connectivity index (χ3n) is 5.38. The van der Waals surface area contributed by atoms with Crippen LogP contribution in [0.1, 0.15) is 17.9 Å². The minimum atomic E-state index is -0.331. The molecule has 0 radical (unpaired) electrons. The van der Waals surface area contributed by atoms with Crippen LogP contribution in [0.4, 0.5) is 5.69 Å². The summed E-state index contributed by atoms with van der Waals surface area (Å²) in [5, 5.41) is 2.23. The summed E-state index contributed by atoms with van der Waals surface area (Å²) in [6, 6.07) is 21.7. The van der Waals surface area contributed by atoms with Gasteiger partial charge >= 0.3 is 5.97 Å². The average molecular weight is 434 g/mol. The molecule has 1 atom stereocenters. The summed E-state index contributed by atoms with van der Waals surface area (Å²) in [6.45, 7) is 0.125. The van der Waals surface area contributed by atoms with Crippen LogP contribution < -0.4 is 4.90 Å². The van der Waals surface area contributed by atoms with Crippen LogP contribution in [-0.4, -0.2) is 18.5 Å². The summed E-state index contributed by atoms with van der Waals surface area (Å²) >= 11 is 3.42. The molecule has 2 heterocycles. The first kappa shape index (κ1) is 17.2. The van der Waals surface area contributed by atoms with Crippen LogP contribution in [0.3, 0.4) is 0 Å². The molecule has 0 bridgehead atoms. The van der Waals surface area contributed by atoms with Crippen molar-refractivity contribution in [2.75, 3.05) is 11.5 Å². The first-order chi connectivity index (χ1) is 13.6. The molecule has 1 amide bonds. The van der Waals surface area contributed by atoms with Crippen molar-refractivity contribution in [1.82, 2.24) is 0 Å². The molecule has 0 fully saturated rings. The van der Waals surface area contributed by atoms with E-state index in [1.807, 2.05) is 54.6 Å². The van der Waals surface area contributed by atoms with Crippen molar-refractivity contribution < 1.29 is 14.3 Å². The van der Waals surface area contributed by atoms with E-state index in [4.69, 9.17) is 4.74 Å². The summed E-state index contributed by atoms with van der Waals surface area (Å²) in [7, 11) is 0. The lowest BCUT2D eigenvalue weighted by Crippen LogP contribution is -2.37. The van der Waals surface area contributed by atoms with Gasteiger partial charge in [-0.3, -0.25) is 9.69 Å². The zero-order valence-electron chi connectivity index (χ0n) is 14.9. The second-order valence-electron chi connectivity index (χ2n) is 7.01. The number of hydrogen-bond acceptors (Lipinski definition) is 3. The van der Waals surface area contributed by atoms with Crippen molar-refractivity contribution in [3.05, 3.63) is 88.0 Å². The van der Waals surface area contributed by atoms with Gasteiger partial charge in [0.15, 0.2) is 0 Å². The van der Waals surface area contributed by atoms with E-state index < -0.39 is 0 Å². The van der Waals surface area contributed by atoms with Crippen molar-refractivity contribution in [3.8, 4) is 0 Å². The Labute approximate surface area is 170 Å². The Morgan fingerprint density at radius 3 is 2.46 bits per heavy atom. The van der Waals surface area contributed by atoms with Gasteiger partial charge in [-0.1, -0.05) is 58.4 Å². The second-order valence-corrected chi connectivity index (χ2v) is 7.92. The van der Waals surface area contributed by atoms with Crippen molar-refractivity contribution >= 4 is 44.3 Å². The second kappa shape index (κ2) is 6.60. The Balaban J connectivity index is 1.63. The molecular formula is C23H16BrNO3. The van der Waals surface area contributed by atoms with Gasteiger partial charge in [0, 0.05) is 22.5 Å². The van der Waals surface area contributed by atoms with Crippen molar-refractivity contribution in [3.63, 3.8) is 0 Å². The van der Waals surface area contributed by atoms with Gasteiger partial charge < -0.3 is 4.74 Å². The third kappa shape index (κ3) is 2.74. The normalized spacial score (nSPS) is 19.2. The van der Waals surface area contributed by atoms with E-state index in [1.165, 1.54) is 0 Å². The first-order valence-electron chi connectivity index (χ1n) is 9.09. The van der Waals surface area contributed by atoms with E-state index in [2.05, 4.69) is 28.1 Å². The Bertz CT molecular complexity index is 1150. The number of anilines is 1. The van der Waals surface area contributed by atoms with E-state index >= 15 is 0 Å². The molecule has 28 heavy (non-hydrogen) atoms. The van der Waals surface area contributed by atoms with Gasteiger partial charge in [0.1, 0.15) is 6.61 Å². The number of ether oxygens (including phenoxy) is 1. The first-order valence-corrected chi connectivity index (χ1v) is 9.88. The minimum Gasteiger partial charge on any atom is -0.456 e. The quantitative estimate of drug-likeness (QED) is 0.538. The number of rotatable bonds is 2. The van der Waals surface area contributed by atoms with Gasteiger partial charge in [0.2, 0.25) is 5.91 Å². The summed E-state index contributed by atoms with van der Waals surface area (Å²) in [5.41, 5.74) is 2.96. The molecule has 0 spiro atoms. The van der Waals surface area contributed by atoms with Crippen molar-refractivity contribution in [2.24, 2.45) is 0 Å². The van der Waals surface area contributed by atoms with Crippen LogP contribution in [0.25, 0.3) is 10.8 Å². The Kier molecular flexibility index (Phi) is 4.05. The highest BCUT2D eigenvalue weighted by atomic mass is 79.9. The predicted molar refractivity (Wildman–Crippen MR) is 111 cm³/mol. The number of benzene rings is 3. The molecule has 0 aromatic heterocycles. The van der Waals surface area contributed by atoms with Crippen LogP contribution in [0.2, 0.25) is 0 Å². The largest absolute Gasteiger partial charge is 0.456 e. The minimum absolute atomic E-state index is 0.0301. The molecule has 1 unspecified atom stereocenters. The number of fused-ring (bicyclic) bond motifs is 1. The number of halogens is 1. The molecule has 138 valence electrons. The van der Waals surface area contributed by atoms with Crippen LogP contribution in [0, 0.1) is 0 Å². The number of cyclic esters (lactones) is 1. The zero-order chi connectivity index (χ0) is 19.3. The lowest BCUT2D eigenvalue weighted by molar-refractivity contribution is -0.136. The molecule has 5 heteroatoms. The number of esters is 1. The Morgan fingerprint density at radius 2 is 1.68 bits per heavy atom. The van der Waals surface area contributed by atoms with Crippen LogP contribution in [0.5, 0.6) is 0 Å². The molecular weight excluding hydrogens is 418 g/mol. The number of hydrogen-bond donors (Lipinski definition) is 0. The van der Waals surface area contributed by atoms with Gasteiger partial charge in [-0.05, 0) is 40.6 Å². The molecule has 3 aromatic carbocycles. The lowest BCUT2D eigenvalue weighted by atomic mass is 9.83. The molecule has 5 rings (SSSR count). The molecule has 0 saturated carbocycles. The molecule has 0 aliphatic carbocycles. The highest BCUT2D eigenvalue weighted by molar-refractivity contribution is 9.10. The van der Waals surface area contributed by atoms with E-state index in [9.17, 15) is 9.59 Å². The van der Waals surface area contributed by atoms with E-state index in [-0.39, 0.29) is 30.8 Å². The maximum atomic E-state index is 13.1. The van der Waals surface area contributed by atoms with Crippen molar-refractivity contribution in [1.29, 1.82) is 0 Å². The summed E-state index contributed by atoms with van der Waals surface area (Å²) in [5.74, 6) is -0.644. The smallest absolute Gasteiger partial charge is 0.336 e. The maximum absolute atomic E-state index is 13.1. The highest BCUT2D eigenvalue weighted by Crippen LogP contribution is 2.42. The molecule has 2 aliphatic rings. The molecule has 0 saturated heterocycles. The number of nitrogens with zero attached hydrogens (tertiary/aromatic N) is 1. The number of carbonyl (C=O) groups is 2. The third-order valence-corrected chi connectivity index (χ3v) is 5.91. The number of amides is 1. The van der Waals surface area contributed by atoms with Crippen LogP contribution in [0.15, 0.2) is 82.5 Å². The van der Waals surface area contributed by atoms with Crippen LogP contribution >= 0.6 is 15.9 Å². The highest BCUT2D eigenvalue weighted by Gasteiger charge is 2.42. The van der Waals surface area contributed by atoms with E-state index in [1.54, 1.807) is 4.90 Å². The summed E-state index contributed by atoms with van der Waals surface area (Å²) < 4.78 is 6.28. The van der Waals surface area contributed by atoms with E-state index in [0.717, 1.165) is 26.5 Å². The molecule has 0 N–H and O–H groups in total. The fourth-order valence-electron chi connectivity index (χ4n) is 4.05. The molecule has 4 nitrogen and oxygen atoms in total. The molecule has 2 aliphatic heterocycles. The van der Waals surface area contributed by atoms with Gasteiger partial charge in [-0.2, -0.15) is 0 Å². The fourth-order valence-corrected chi connectivity index (χ4v) is 4.32. The van der Waals surface area contributed by atoms with Crippen LogP contribution in [-0.2, 0) is 14.3 Å². The standard InChI is InChI=1S/C23H16BrNO3/c24-17-7-9-18(10-8-17)25-20-13-28-23(27)22(20)19(12-21(25)26)16-6-5-14-3-1-2-4-15(14)11-16/h1-11,19H,12-13H2. The Morgan fingerprint density at radius 1 is 0.929 bits per heavy atom. The van der Waals surface area contributed by atoms with Gasteiger partial charge in [0.05, 0.1) is 11.3 Å². The lowest BCUT2D eigenvalue weighted by Gasteiger charge is -2.32. The number of carbonyl (C=O) groups excluding carboxylic acids is 2. The average Bonchev–Trinajstić information content (AvgIpc) is 3.09. The summed E-state index contributed by atoms with van der Waals surface area (Å²) in [6.07, 6.45) is 0.238. The topological polar surface area (TPSA) is 46.6 Å². The fraction of sp³-hybridized carbons (Fsp3) is 0.130. The summed E-state index contributed by atoms with van der Waals surface area (Å²) in [4.78, 5) is 27.3. The zero-order valence-corrected chi connectivity index (χ0v) is 16.5. The van der Waals surface area contributed by atoms with Gasteiger partial charge in [-0.15, -0.1) is 0 Å². The SMILES string of the molecule is O=C1OCC2=C1C(c1ccc3ccccc3c1)CC(=O)N2c1ccc(Br)cc1. The predicted octanol–water partition coefficient (Wildman–Crippen LogP) is 4.93.